The van der Waals surface area contributed by atoms with Crippen molar-refractivity contribution in [3.8, 4) is 5.75 Å². The zero-order valence-corrected chi connectivity index (χ0v) is 9.93. The molecule has 0 bridgehead atoms. The highest BCUT2D eigenvalue weighted by Crippen LogP contribution is 2.15. The molecule has 0 aromatic heterocycles. The molecule has 1 aromatic carbocycles. The lowest BCUT2D eigenvalue weighted by molar-refractivity contribution is 0.474. The van der Waals surface area contributed by atoms with Crippen molar-refractivity contribution in [1.29, 1.82) is 0 Å². The van der Waals surface area contributed by atoms with Crippen LogP contribution >= 0.6 is 0 Å². The van der Waals surface area contributed by atoms with Crippen LogP contribution in [0.15, 0.2) is 38.6 Å². The van der Waals surface area contributed by atoms with E-state index in [9.17, 15) is 5.11 Å². The van der Waals surface area contributed by atoms with Gasteiger partial charge in [0.2, 0.25) is 11.9 Å². The Labute approximate surface area is 109 Å². The molecule has 9 nitrogen and oxygen atoms in total. The monoisotopic (exact) mass is 262 g/mol. The minimum Gasteiger partial charge on any atom is -0.507 e. The molecule has 0 spiro atoms. The largest absolute Gasteiger partial charge is 0.507 e. The van der Waals surface area contributed by atoms with Crippen LogP contribution in [0.4, 0.5) is 0 Å². The number of rotatable bonds is 4. The number of benzene rings is 1. The van der Waals surface area contributed by atoms with Crippen molar-refractivity contribution in [2.24, 2.45) is 43.3 Å². The molecule has 100 valence electrons. The lowest BCUT2D eigenvalue weighted by atomic mass is 10.1. The third kappa shape index (κ3) is 5.17. The standard InChI is InChI=1S/C10H14N8O/c11-9(12)17-15-4-6-1-2-8(19)7(3-6)5-16-18-10(13)14/h1-5,19H,(H4,11,12,17)(H4,13,14,18)/b15-4+,16-5+. The Hall–Kier alpha value is -3.10. The summed E-state index contributed by atoms with van der Waals surface area (Å²) in [5.74, 6) is -0.306. The van der Waals surface area contributed by atoms with Crippen molar-refractivity contribution < 1.29 is 5.11 Å². The molecule has 0 saturated heterocycles. The summed E-state index contributed by atoms with van der Waals surface area (Å²) in [5.41, 5.74) is 21.5. The van der Waals surface area contributed by atoms with Crippen LogP contribution in [-0.4, -0.2) is 29.5 Å². The van der Waals surface area contributed by atoms with Gasteiger partial charge in [-0.2, -0.15) is 10.2 Å². The van der Waals surface area contributed by atoms with Crippen LogP contribution < -0.4 is 22.9 Å². The van der Waals surface area contributed by atoms with E-state index in [1.165, 1.54) is 18.5 Å². The van der Waals surface area contributed by atoms with Gasteiger partial charge >= 0.3 is 0 Å². The first-order valence-electron chi connectivity index (χ1n) is 5.06. The molecule has 19 heavy (non-hydrogen) atoms. The van der Waals surface area contributed by atoms with Crippen LogP contribution in [0.25, 0.3) is 0 Å². The highest BCUT2D eigenvalue weighted by atomic mass is 16.3. The van der Waals surface area contributed by atoms with Gasteiger partial charge in [-0.25, -0.2) is 0 Å². The van der Waals surface area contributed by atoms with Crippen LogP contribution in [-0.2, 0) is 0 Å². The molecule has 0 fully saturated rings. The van der Waals surface area contributed by atoms with Gasteiger partial charge in [0.25, 0.3) is 0 Å². The zero-order valence-electron chi connectivity index (χ0n) is 9.93. The summed E-state index contributed by atoms with van der Waals surface area (Å²) < 4.78 is 0. The molecule has 1 aromatic rings. The molecule has 1 rings (SSSR count). The lowest BCUT2D eigenvalue weighted by Crippen LogP contribution is -2.21. The van der Waals surface area contributed by atoms with Crippen molar-refractivity contribution in [3.63, 3.8) is 0 Å². The number of nitrogens with zero attached hydrogens (tertiary/aromatic N) is 4. The second kappa shape index (κ2) is 6.59. The van der Waals surface area contributed by atoms with Crippen molar-refractivity contribution in [3.05, 3.63) is 29.3 Å². The highest BCUT2D eigenvalue weighted by molar-refractivity contribution is 5.89. The first kappa shape index (κ1) is 14.0. The number of hydrogen-bond acceptors (Lipinski definition) is 5. The van der Waals surface area contributed by atoms with E-state index in [2.05, 4.69) is 20.4 Å². The Morgan fingerprint density at radius 1 is 0.947 bits per heavy atom. The average Bonchev–Trinajstić information content (AvgIpc) is 2.32. The summed E-state index contributed by atoms with van der Waals surface area (Å²) in [6.07, 6.45) is 2.71. The maximum absolute atomic E-state index is 9.60. The number of hydrogen-bond donors (Lipinski definition) is 5. The minimum absolute atomic E-state index is 0.0218. The fraction of sp³-hybridized carbons (Fsp3) is 0. The van der Waals surface area contributed by atoms with Crippen LogP contribution in [0.3, 0.4) is 0 Å². The SMILES string of the molecule is NC(N)=N/N=C/c1ccc(O)c(/C=N/N=C(N)N)c1. The van der Waals surface area contributed by atoms with Crippen LogP contribution in [0.1, 0.15) is 11.1 Å². The van der Waals surface area contributed by atoms with Crippen molar-refractivity contribution in [1.82, 2.24) is 0 Å². The molecule has 0 saturated carbocycles. The molecule has 9 N–H and O–H groups in total. The summed E-state index contributed by atoms with van der Waals surface area (Å²) in [6, 6.07) is 4.69. The number of aromatic hydroxyl groups is 1. The van der Waals surface area contributed by atoms with E-state index < -0.39 is 0 Å². The van der Waals surface area contributed by atoms with Crippen LogP contribution in [0.5, 0.6) is 5.75 Å². The van der Waals surface area contributed by atoms with E-state index in [1.807, 2.05) is 0 Å². The van der Waals surface area contributed by atoms with E-state index in [1.54, 1.807) is 12.1 Å². The van der Waals surface area contributed by atoms with Gasteiger partial charge in [0.05, 0.1) is 12.4 Å². The topological polar surface area (TPSA) is 174 Å². The highest BCUT2D eigenvalue weighted by Gasteiger charge is 1.99. The van der Waals surface area contributed by atoms with E-state index in [0.29, 0.717) is 11.1 Å². The normalized spacial score (nSPS) is 10.7. The summed E-state index contributed by atoms with van der Waals surface area (Å²) >= 11 is 0. The molecule has 0 atom stereocenters. The molecular formula is C10H14N8O. The number of guanidine groups is 2. The van der Waals surface area contributed by atoms with Gasteiger partial charge in [-0.05, 0) is 23.8 Å². The Morgan fingerprint density at radius 2 is 1.53 bits per heavy atom. The molecule has 9 heteroatoms. The molecule has 0 heterocycles. The summed E-state index contributed by atoms with van der Waals surface area (Å²) in [4.78, 5) is 0. The predicted octanol–water partition coefficient (Wildman–Crippen LogP) is -1.39. The fourth-order valence-electron chi connectivity index (χ4n) is 1.08. The Kier molecular flexibility index (Phi) is 4.84. The summed E-state index contributed by atoms with van der Waals surface area (Å²) in [6.45, 7) is 0. The van der Waals surface area contributed by atoms with Gasteiger partial charge in [-0.1, -0.05) is 0 Å². The Bertz CT molecular complexity index is 553. The zero-order chi connectivity index (χ0) is 14.3. The van der Waals surface area contributed by atoms with Crippen molar-refractivity contribution in [2.75, 3.05) is 0 Å². The maximum atomic E-state index is 9.60. The van der Waals surface area contributed by atoms with Gasteiger partial charge in [-0.3, -0.25) is 0 Å². The smallest absolute Gasteiger partial charge is 0.211 e. The van der Waals surface area contributed by atoms with Gasteiger partial charge in [-0.15, -0.1) is 10.2 Å². The fourth-order valence-corrected chi connectivity index (χ4v) is 1.08. The van der Waals surface area contributed by atoms with E-state index in [0.717, 1.165) is 0 Å². The van der Waals surface area contributed by atoms with Gasteiger partial charge in [0, 0.05) is 5.56 Å². The molecule has 0 aliphatic carbocycles. The second-order valence-corrected chi connectivity index (χ2v) is 3.36. The van der Waals surface area contributed by atoms with E-state index in [-0.39, 0.29) is 17.7 Å². The van der Waals surface area contributed by atoms with Crippen LogP contribution in [0, 0.1) is 0 Å². The number of phenols is 1. The molecule has 0 amide bonds. The molecule has 0 radical (unpaired) electrons. The lowest BCUT2D eigenvalue weighted by Gasteiger charge is -1.99. The second-order valence-electron chi connectivity index (χ2n) is 3.36. The Morgan fingerprint density at radius 3 is 2.11 bits per heavy atom. The van der Waals surface area contributed by atoms with E-state index >= 15 is 0 Å². The van der Waals surface area contributed by atoms with Crippen LogP contribution in [0.2, 0.25) is 0 Å². The molecule has 0 aliphatic rings. The number of nitrogens with two attached hydrogens (primary N) is 4. The van der Waals surface area contributed by atoms with Crippen molar-refractivity contribution in [2.45, 2.75) is 0 Å². The summed E-state index contributed by atoms with van der Waals surface area (Å²) in [7, 11) is 0. The molecule has 0 unspecified atom stereocenters. The molecule has 0 aliphatic heterocycles. The minimum atomic E-state index is -0.179. The Balaban J connectivity index is 2.94. The first-order valence-corrected chi connectivity index (χ1v) is 5.06. The van der Waals surface area contributed by atoms with Gasteiger partial charge < -0.3 is 28.0 Å². The summed E-state index contributed by atoms with van der Waals surface area (Å²) in [5, 5.41) is 23.7. The van der Waals surface area contributed by atoms with E-state index in [4.69, 9.17) is 22.9 Å². The first-order chi connectivity index (χ1) is 8.99. The van der Waals surface area contributed by atoms with Crippen molar-refractivity contribution >= 4 is 24.3 Å². The maximum Gasteiger partial charge on any atom is 0.211 e. The average molecular weight is 262 g/mol. The third-order valence-electron chi connectivity index (χ3n) is 1.80. The predicted molar refractivity (Wildman–Crippen MR) is 74.9 cm³/mol. The third-order valence-corrected chi connectivity index (χ3v) is 1.80. The van der Waals surface area contributed by atoms with Gasteiger partial charge in [0.15, 0.2) is 0 Å². The molecular weight excluding hydrogens is 248 g/mol. The van der Waals surface area contributed by atoms with Gasteiger partial charge in [0.1, 0.15) is 5.75 Å². The quantitative estimate of drug-likeness (QED) is 0.254. The number of phenolic OH excluding ortho intramolecular Hbond substituents is 1.